The summed E-state index contributed by atoms with van der Waals surface area (Å²) in [7, 11) is 0. The van der Waals surface area contributed by atoms with Gasteiger partial charge in [0.15, 0.2) is 0 Å². The van der Waals surface area contributed by atoms with E-state index in [1.165, 1.54) is 29.7 Å². The minimum absolute atomic E-state index is 0.0339. The summed E-state index contributed by atoms with van der Waals surface area (Å²) in [4.78, 5) is 17.3. The van der Waals surface area contributed by atoms with E-state index in [4.69, 9.17) is 4.74 Å². The summed E-state index contributed by atoms with van der Waals surface area (Å²) in [5, 5.41) is 3.15. The standard InChI is InChI=1S/C18H28N2O2S/c1-18(2,20-8-10-22-11-9-20)13-19-17(21)16-12-14-6-4-3-5-7-15(14)23-16/h12H,3-11,13H2,1-2H3,(H,19,21). The fourth-order valence-electron chi connectivity index (χ4n) is 3.44. The molecular formula is C18H28N2O2S. The molecule has 1 aromatic rings. The summed E-state index contributed by atoms with van der Waals surface area (Å²) in [6.07, 6.45) is 6.12. The second kappa shape index (κ2) is 7.32. The van der Waals surface area contributed by atoms with Crippen molar-refractivity contribution >= 4 is 17.2 Å². The van der Waals surface area contributed by atoms with Gasteiger partial charge in [0.1, 0.15) is 0 Å². The average Bonchev–Trinajstić information content (AvgIpc) is 2.84. The SMILES string of the molecule is CC(C)(CNC(=O)c1cc2c(s1)CCCCC2)N1CCOCC1. The molecule has 1 aromatic heterocycles. The van der Waals surface area contributed by atoms with Crippen LogP contribution in [0.4, 0.5) is 0 Å². The van der Waals surface area contributed by atoms with E-state index in [0.717, 1.165) is 44.0 Å². The van der Waals surface area contributed by atoms with E-state index in [0.29, 0.717) is 6.54 Å². The van der Waals surface area contributed by atoms with Crippen molar-refractivity contribution in [2.24, 2.45) is 0 Å². The molecule has 2 heterocycles. The van der Waals surface area contributed by atoms with Crippen LogP contribution in [0.3, 0.4) is 0 Å². The second-order valence-corrected chi connectivity index (χ2v) is 8.35. The van der Waals surface area contributed by atoms with Gasteiger partial charge in [0.05, 0.1) is 18.1 Å². The Morgan fingerprint density at radius 3 is 2.78 bits per heavy atom. The van der Waals surface area contributed by atoms with Gasteiger partial charge in [-0.25, -0.2) is 0 Å². The molecule has 3 rings (SSSR count). The molecule has 0 unspecified atom stereocenters. The molecule has 5 heteroatoms. The summed E-state index contributed by atoms with van der Waals surface area (Å²) < 4.78 is 5.42. The van der Waals surface area contributed by atoms with E-state index in [-0.39, 0.29) is 11.4 Å². The first kappa shape index (κ1) is 16.9. The van der Waals surface area contributed by atoms with Crippen LogP contribution >= 0.6 is 11.3 Å². The third-order valence-electron chi connectivity index (χ3n) is 5.02. The Bertz CT molecular complexity index is 524. The summed E-state index contributed by atoms with van der Waals surface area (Å²) in [6.45, 7) is 8.52. The zero-order chi connectivity index (χ0) is 16.3. The van der Waals surface area contributed by atoms with Crippen LogP contribution in [-0.2, 0) is 17.6 Å². The van der Waals surface area contributed by atoms with Gasteiger partial charge in [-0.3, -0.25) is 9.69 Å². The van der Waals surface area contributed by atoms with Crippen LogP contribution in [0.15, 0.2) is 6.07 Å². The molecule has 1 fully saturated rings. The van der Waals surface area contributed by atoms with Crippen molar-refractivity contribution in [3.63, 3.8) is 0 Å². The van der Waals surface area contributed by atoms with E-state index in [1.54, 1.807) is 11.3 Å². The van der Waals surface area contributed by atoms with E-state index in [1.807, 2.05) is 0 Å². The number of aryl methyl sites for hydroxylation is 2. The van der Waals surface area contributed by atoms with Gasteiger partial charge >= 0.3 is 0 Å². The predicted molar refractivity (Wildman–Crippen MR) is 94.4 cm³/mol. The van der Waals surface area contributed by atoms with Crippen molar-refractivity contribution < 1.29 is 9.53 Å². The second-order valence-electron chi connectivity index (χ2n) is 7.21. The van der Waals surface area contributed by atoms with E-state index >= 15 is 0 Å². The number of nitrogens with zero attached hydrogens (tertiary/aromatic N) is 1. The summed E-state index contributed by atoms with van der Waals surface area (Å²) >= 11 is 1.70. The van der Waals surface area contributed by atoms with Crippen LogP contribution < -0.4 is 5.32 Å². The Hall–Kier alpha value is -0.910. The van der Waals surface area contributed by atoms with Gasteiger partial charge in [-0.1, -0.05) is 6.42 Å². The molecule has 1 N–H and O–H groups in total. The zero-order valence-corrected chi connectivity index (χ0v) is 15.1. The molecule has 0 saturated carbocycles. The molecule has 0 atom stereocenters. The molecule has 0 radical (unpaired) electrons. The fraction of sp³-hybridized carbons (Fsp3) is 0.722. The summed E-state index contributed by atoms with van der Waals surface area (Å²) in [5.41, 5.74) is 1.37. The highest BCUT2D eigenvalue weighted by Crippen LogP contribution is 2.29. The Morgan fingerprint density at radius 1 is 1.26 bits per heavy atom. The van der Waals surface area contributed by atoms with Crippen LogP contribution in [0.25, 0.3) is 0 Å². The molecule has 128 valence electrons. The minimum Gasteiger partial charge on any atom is -0.379 e. The maximum absolute atomic E-state index is 12.5. The number of nitrogens with one attached hydrogen (secondary N) is 1. The Morgan fingerprint density at radius 2 is 2.00 bits per heavy atom. The lowest BCUT2D eigenvalue weighted by Gasteiger charge is -2.40. The van der Waals surface area contributed by atoms with Crippen LogP contribution in [0.2, 0.25) is 0 Å². The summed E-state index contributed by atoms with van der Waals surface area (Å²) in [6, 6.07) is 2.13. The first-order valence-electron chi connectivity index (χ1n) is 8.79. The molecule has 23 heavy (non-hydrogen) atoms. The number of thiophene rings is 1. The highest BCUT2D eigenvalue weighted by molar-refractivity contribution is 7.14. The third kappa shape index (κ3) is 4.14. The monoisotopic (exact) mass is 336 g/mol. The first-order valence-corrected chi connectivity index (χ1v) is 9.60. The van der Waals surface area contributed by atoms with Crippen LogP contribution in [0.5, 0.6) is 0 Å². The molecule has 1 saturated heterocycles. The van der Waals surface area contributed by atoms with Gasteiger partial charge in [0.25, 0.3) is 5.91 Å². The number of amides is 1. The van der Waals surface area contributed by atoms with E-state index < -0.39 is 0 Å². The zero-order valence-electron chi connectivity index (χ0n) is 14.3. The number of carbonyl (C=O) groups is 1. The van der Waals surface area contributed by atoms with Crippen molar-refractivity contribution in [2.45, 2.75) is 51.5 Å². The van der Waals surface area contributed by atoms with Gasteiger partial charge in [-0.2, -0.15) is 0 Å². The number of fused-ring (bicyclic) bond motifs is 1. The lowest BCUT2D eigenvalue weighted by atomic mass is 10.0. The molecule has 1 aliphatic heterocycles. The largest absolute Gasteiger partial charge is 0.379 e. The molecule has 4 nitrogen and oxygen atoms in total. The van der Waals surface area contributed by atoms with Crippen LogP contribution in [-0.4, -0.2) is 49.2 Å². The van der Waals surface area contributed by atoms with E-state index in [9.17, 15) is 4.79 Å². The van der Waals surface area contributed by atoms with Crippen molar-refractivity contribution in [1.82, 2.24) is 10.2 Å². The molecule has 0 spiro atoms. The molecular weight excluding hydrogens is 308 g/mol. The quantitative estimate of drug-likeness (QED) is 0.860. The number of carbonyl (C=O) groups excluding carboxylic acids is 1. The van der Waals surface area contributed by atoms with Crippen molar-refractivity contribution in [2.75, 3.05) is 32.8 Å². The summed E-state index contributed by atoms with van der Waals surface area (Å²) in [5.74, 6) is 0.0874. The first-order chi connectivity index (χ1) is 11.1. The number of morpholine rings is 1. The normalized spacial score (nSPS) is 19.9. The van der Waals surface area contributed by atoms with Crippen LogP contribution in [0, 0.1) is 0 Å². The highest BCUT2D eigenvalue weighted by Gasteiger charge is 2.29. The molecule has 2 aliphatic rings. The molecule has 0 bridgehead atoms. The van der Waals surface area contributed by atoms with Gasteiger partial charge in [0.2, 0.25) is 0 Å². The maximum Gasteiger partial charge on any atom is 0.261 e. The number of ether oxygens (including phenoxy) is 1. The van der Waals surface area contributed by atoms with Crippen LogP contribution in [0.1, 0.15) is 53.2 Å². The predicted octanol–water partition coefficient (Wildman–Crippen LogP) is 2.86. The Labute approximate surface area is 143 Å². The lowest BCUT2D eigenvalue weighted by Crippen LogP contribution is -2.55. The lowest BCUT2D eigenvalue weighted by molar-refractivity contribution is -0.00922. The fourth-order valence-corrected chi connectivity index (χ4v) is 4.61. The number of hydrogen-bond acceptors (Lipinski definition) is 4. The van der Waals surface area contributed by atoms with Crippen molar-refractivity contribution in [1.29, 1.82) is 0 Å². The van der Waals surface area contributed by atoms with Crippen molar-refractivity contribution in [3.05, 3.63) is 21.4 Å². The number of hydrogen-bond donors (Lipinski definition) is 1. The Balaban J connectivity index is 1.58. The maximum atomic E-state index is 12.5. The molecule has 0 aromatic carbocycles. The third-order valence-corrected chi connectivity index (χ3v) is 6.25. The average molecular weight is 337 g/mol. The topological polar surface area (TPSA) is 41.6 Å². The molecule has 1 aliphatic carbocycles. The van der Waals surface area contributed by atoms with E-state index in [2.05, 4.69) is 30.1 Å². The van der Waals surface area contributed by atoms with Crippen molar-refractivity contribution in [3.8, 4) is 0 Å². The van der Waals surface area contributed by atoms with Gasteiger partial charge in [0, 0.05) is 30.1 Å². The smallest absolute Gasteiger partial charge is 0.261 e. The Kier molecular flexibility index (Phi) is 5.39. The van der Waals surface area contributed by atoms with Gasteiger partial charge in [-0.05, 0) is 51.2 Å². The van der Waals surface area contributed by atoms with Gasteiger partial charge < -0.3 is 10.1 Å². The number of rotatable bonds is 4. The highest BCUT2D eigenvalue weighted by atomic mass is 32.1. The van der Waals surface area contributed by atoms with Gasteiger partial charge in [-0.15, -0.1) is 11.3 Å². The minimum atomic E-state index is -0.0339. The molecule has 1 amide bonds.